The smallest absolute Gasteiger partial charge is 0.328 e. The Hall–Kier alpha value is -2.53. The number of aryl methyl sites for hydroxylation is 1. The minimum Gasteiger partial charge on any atom is -0.328 e. The number of fused-ring (bicyclic) bond motifs is 1. The maximum atomic E-state index is 14.3. The SMILES string of the molecule is CCCC(NC1CCc2cc(F)cc(F)c2C1)C(=O)Nc1cn(C(C)(C)CNCC(F)(F)F)cn1. The van der Waals surface area contributed by atoms with Crippen LogP contribution in [0.4, 0.5) is 27.8 Å². The fourth-order valence-corrected chi connectivity index (χ4v) is 4.33. The summed E-state index contributed by atoms with van der Waals surface area (Å²) in [6.07, 6.45) is 1.57. The molecule has 0 bridgehead atoms. The van der Waals surface area contributed by atoms with Crippen molar-refractivity contribution in [3.63, 3.8) is 0 Å². The fraction of sp³-hybridized carbons (Fsp3) is 0.583. The molecule has 0 aliphatic heterocycles. The number of benzene rings is 1. The quantitative estimate of drug-likeness (QED) is 0.425. The van der Waals surface area contributed by atoms with Gasteiger partial charge in [-0.15, -0.1) is 0 Å². The lowest BCUT2D eigenvalue weighted by Crippen LogP contribution is -2.48. The van der Waals surface area contributed by atoms with Crippen molar-refractivity contribution >= 4 is 11.7 Å². The minimum atomic E-state index is -4.30. The van der Waals surface area contributed by atoms with Gasteiger partial charge in [0.15, 0.2) is 5.82 Å². The van der Waals surface area contributed by atoms with Crippen LogP contribution in [0.15, 0.2) is 24.7 Å². The molecular weight excluding hydrogens is 469 g/mol. The van der Waals surface area contributed by atoms with Gasteiger partial charge in [0.1, 0.15) is 11.6 Å². The van der Waals surface area contributed by atoms with Gasteiger partial charge in [-0.3, -0.25) is 4.79 Å². The third-order valence-electron chi connectivity index (χ3n) is 6.21. The molecule has 2 aromatic rings. The van der Waals surface area contributed by atoms with Crippen LogP contribution < -0.4 is 16.0 Å². The van der Waals surface area contributed by atoms with Gasteiger partial charge in [0.25, 0.3) is 0 Å². The monoisotopic (exact) mass is 501 g/mol. The lowest BCUT2D eigenvalue weighted by molar-refractivity contribution is -0.125. The van der Waals surface area contributed by atoms with Gasteiger partial charge >= 0.3 is 6.18 Å². The second-order valence-corrected chi connectivity index (χ2v) is 9.66. The normalized spacial score (nSPS) is 17.2. The molecular formula is C24H32F5N5O. The number of anilines is 1. The Morgan fingerprint density at radius 1 is 1.23 bits per heavy atom. The van der Waals surface area contributed by atoms with Crippen LogP contribution in [0.2, 0.25) is 0 Å². The molecule has 194 valence electrons. The Kier molecular flexibility index (Phi) is 8.53. The predicted molar refractivity (Wildman–Crippen MR) is 123 cm³/mol. The molecule has 1 heterocycles. The first-order valence-electron chi connectivity index (χ1n) is 11.7. The van der Waals surface area contributed by atoms with E-state index in [4.69, 9.17) is 0 Å². The zero-order chi connectivity index (χ0) is 25.8. The van der Waals surface area contributed by atoms with Gasteiger partial charge in [0.05, 0.1) is 24.5 Å². The van der Waals surface area contributed by atoms with Crippen LogP contribution in [0, 0.1) is 11.6 Å². The molecule has 1 aromatic heterocycles. The minimum absolute atomic E-state index is 0.0554. The summed E-state index contributed by atoms with van der Waals surface area (Å²) in [5, 5.41) is 8.48. The first-order chi connectivity index (χ1) is 16.4. The van der Waals surface area contributed by atoms with Crippen LogP contribution >= 0.6 is 0 Å². The predicted octanol–water partition coefficient (Wildman–Crippen LogP) is 4.30. The highest BCUT2D eigenvalue weighted by molar-refractivity contribution is 5.94. The van der Waals surface area contributed by atoms with Gasteiger partial charge in [-0.25, -0.2) is 13.8 Å². The first kappa shape index (κ1) is 27.1. The van der Waals surface area contributed by atoms with Crippen molar-refractivity contribution < 1.29 is 26.7 Å². The van der Waals surface area contributed by atoms with Crippen LogP contribution in [0.1, 0.15) is 51.2 Å². The molecule has 1 aliphatic carbocycles. The van der Waals surface area contributed by atoms with Gasteiger partial charge in [-0.05, 0) is 56.7 Å². The number of carbonyl (C=O) groups excluding carboxylic acids is 1. The van der Waals surface area contributed by atoms with Crippen LogP contribution in [-0.2, 0) is 23.2 Å². The van der Waals surface area contributed by atoms with Gasteiger partial charge in [-0.2, -0.15) is 13.2 Å². The molecule has 0 fully saturated rings. The molecule has 0 saturated heterocycles. The van der Waals surface area contributed by atoms with E-state index in [1.165, 1.54) is 12.4 Å². The second kappa shape index (κ2) is 11.0. The van der Waals surface area contributed by atoms with Crippen molar-refractivity contribution in [3.8, 4) is 0 Å². The Morgan fingerprint density at radius 3 is 2.66 bits per heavy atom. The van der Waals surface area contributed by atoms with E-state index in [1.807, 2.05) is 6.92 Å². The van der Waals surface area contributed by atoms with E-state index >= 15 is 0 Å². The van der Waals surface area contributed by atoms with E-state index in [-0.39, 0.29) is 24.3 Å². The van der Waals surface area contributed by atoms with E-state index in [2.05, 4.69) is 20.9 Å². The lowest BCUT2D eigenvalue weighted by Gasteiger charge is -2.29. The molecule has 11 heteroatoms. The van der Waals surface area contributed by atoms with Gasteiger partial charge in [0, 0.05) is 24.8 Å². The van der Waals surface area contributed by atoms with Crippen LogP contribution in [0.5, 0.6) is 0 Å². The zero-order valence-corrected chi connectivity index (χ0v) is 20.1. The third kappa shape index (κ3) is 7.47. The second-order valence-electron chi connectivity index (χ2n) is 9.66. The number of hydrogen-bond acceptors (Lipinski definition) is 4. The number of amides is 1. The molecule has 6 nitrogen and oxygen atoms in total. The Bertz CT molecular complexity index is 1020. The molecule has 2 atom stereocenters. The van der Waals surface area contributed by atoms with Crippen molar-refractivity contribution in [3.05, 3.63) is 47.4 Å². The Balaban J connectivity index is 1.61. The molecule has 0 radical (unpaired) electrons. The van der Waals surface area contributed by atoms with E-state index in [9.17, 15) is 26.7 Å². The van der Waals surface area contributed by atoms with Crippen LogP contribution in [-0.4, -0.2) is 46.8 Å². The van der Waals surface area contributed by atoms with Gasteiger partial charge in [-0.1, -0.05) is 13.3 Å². The number of rotatable bonds is 10. The van der Waals surface area contributed by atoms with Crippen LogP contribution in [0.25, 0.3) is 0 Å². The molecule has 3 rings (SSSR count). The van der Waals surface area contributed by atoms with E-state index in [1.54, 1.807) is 24.6 Å². The summed E-state index contributed by atoms with van der Waals surface area (Å²) in [5.74, 6) is -1.16. The van der Waals surface area contributed by atoms with E-state index in [0.29, 0.717) is 36.8 Å². The van der Waals surface area contributed by atoms with Crippen molar-refractivity contribution in [1.29, 1.82) is 0 Å². The number of hydrogen-bond donors (Lipinski definition) is 3. The number of alkyl halides is 3. The highest BCUT2D eigenvalue weighted by atomic mass is 19.4. The first-order valence-corrected chi connectivity index (χ1v) is 11.7. The highest BCUT2D eigenvalue weighted by Gasteiger charge is 2.30. The molecule has 3 N–H and O–H groups in total. The Morgan fingerprint density at radius 2 is 1.97 bits per heavy atom. The fourth-order valence-electron chi connectivity index (χ4n) is 4.33. The number of nitrogens with zero attached hydrogens (tertiary/aromatic N) is 2. The number of carbonyl (C=O) groups is 1. The molecule has 0 saturated carbocycles. The zero-order valence-electron chi connectivity index (χ0n) is 20.1. The molecule has 0 spiro atoms. The molecule has 35 heavy (non-hydrogen) atoms. The highest BCUT2D eigenvalue weighted by Crippen LogP contribution is 2.26. The van der Waals surface area contributed by atoms with Crippen molar-refractivity contribution in [1.82, 2.24) is 20.2 Å². The summed E-state index contributed by atoms with van der Waals surface area (Å²) in [6.45, 7) is 4.43. The average Bonchev–Trinajstić information content (AvgIpc) is 3.22. The number of nitrogens with one attached hydrogen (secondary N) is 3. The van der Waals surface area contributed by atoms with Gasteiger partial charge in [0.2, 0.25) is 5.91 Å². The summed E-state index contributed by atoms with van der Waals surface area (Å²) >= 11 is 0. The summed E-state index contributed by atoms with van der Waals surface area (Å²) in [7, 11) is 0. The van der Waals surface area contributed by atoms with Crippen molar-refractivity contribution in [2.75, 3.05) is 18.4 Å². The number of halogens is 5. The van der Waals surface area contributed by atoms with Gasteiger partial charge < -0.3 is 20.5 Å². The maximum Gasteiger partial charge on any atom is 0.401 e. The topological polar surface area (TPSA) is 71.0 Å². The molecule has 1 amide bonds. The van der Waals surface area contributed by atoms with Crippen molar-refractivity contribution in [2.24, 2.45) is 0 Å². The molecule has 1 aromatic carbocycles. The third-order valence-corrected chi connectivity index (χ3v) is 6.21. The maximum absolute atomic E-state index is 14.3. The number of aromatic nitrogens is 2. The van der Waals surface area contributed by atoms with E-state index in [0.717, 1.165) is 12.5 Å². The van der Waals surface area contributed by atoms with Crippen molar-refractivity contribution in [2.45, 2.75) is 76.7 Å². The largest absolute Gasteiger partial charge is 0.401 e. The summed E-state index contributed by atoms with van der Waals surface area (Å²) in [5.41, 5.74) is 0.433. The lowest BCUT2D eigenvalue weighted by atomic mass is 9.87. The summed E-state index contributed by atoms with van der Waals surface area (Å²) < 4.78 is 66.7. The average molecular weight is 502 g/mol. The molecule has 2 unspecified atom stereocenters. The summed E-state index contributed by atoms with van der Waals surface area (Å²) in [6, 6.07) is 1.57. The van der Waals surface area contributed by atoms with Crippen LogP contribution in [0.3, 0.4) is 0 Å². The Labute approximate surface area is 201 Å². The summed E-state index contributed by atoms with van der Waals surface area (Å²) in [4.78, 5) is 17.2. The standard InChI is InChI=1S/C24H32F5N5O/c1-4-5-20(32-17-7-6-15-8-16(25)9-19(26)18(15)10-17)22(35)33-21-11-34(14-31-21)23(2,3)12-30-13-24(27,28)29/h8-9,11,14,17,20,30,32H,4-7,10,12-13H2,1-3H3,(H,33,35). The van der Waals surface area contributed by atoms with E-state index < -0.39 is 35.9 Å². The number of imidazole rings is 1. The molecule has 1 aliphatic rings.